The van der Waals surface area contributed by atoms with Crippen LogP contribution in [0.2, 0.25) is 0 Å². The summed E-state index contributed by atoms with van der Waals surface area (Å²) in [7, 11) is 0. The number of furan rings is 1. The lowest BCUT2D eigenvalue weighted by molar-refractivity contribution is 0.290. The Kier molecular flexibility index (Phi) is 5.02. The van der Waals surface area contributed by atoms with Gasteiger partial charge in [-0.05, 0) is 18.6 Å². The third-order valence-electron chi connectivity index (χ3n) is 2.41. The topological polar surface area (TPSA) is 42.4 Å². The van der Waals surface area contributed by atoms with Crippen molar-refractivity contribution >= 4 is 0 Å². The smallest absolute Gasteiger partial charge is 0.120 e. The molecule has 0 aliphatic heterocycles. The first-order valence-electron chi connectivity index (χ1n) is 5.43. The molecule has 0 unspecified atom stereocenters. The van der Waals surface area contributed by atoms with Gasteiger partial charge >= 0.3 is 0 Å². The van der Waals surface area contributed by atoms with E-state index in [0.29, 0.717) is 6.54 Å². The van der Waals surface area contributed by atoms with Crippen LogP contribution in [0.5, 0.6) is 0 Å². The average molecular weight is 220 g/mol. The first kappa shape index (κ1) is 12.7. The van der Waals surface area contributed by atoms with Crippen LogP contribution in [0.3, 0.4) is 0 Å². The SMILES string of the molecule is C=CCN(CC=C)Cc1cc(C)c(CN)o1. The van der Waals surface area contributed by atoms with Crippen LogP contribution >= 0.6 is 0 Å². The molecule has 0 saturated carbocycles. The molecule has 3 heteroatoms. The van der Waals surface area contributed by atoms with E-state index in [-0.39, 0.29) is 0 Å². The molecule has 0 aliphatic rings. The number of hydrogen-bond donors (Lipinski definition) is 1. The summed E-state index contributed by atoms with van der Waals surface area (Å²) < 4.78 is 5.65. The van der Waals surface area contributed by atoms with Gasteiger partial charge in [0.1, 0.15) is 11.5 Å². The number of hydrogen-bond acceptors (Lipinski definition) is 3. The Hall–Kier alpha value is -1.32. The van der Waals surface area contributed by atoms with Crippen LogP contribution in [0, 0.1) is 6.92 Å². The molecule has 16 heavy (non-hydrogen) atoms. The zero-order chi connectivity index (χ0) is 12.0. The van der Waals surface area contributed by atoms with Gasteiger partial charge in [0.25, 0.3) is 0 Å². The van der Waals surface area contributed by atoms with Gasteiger partial charge in [-0.3, -0.25) is 4.90 Å². The molecule has 2 N–H and O–H groups in total. The molecule has 0 fully saturated rings. The Morgan fingerprint density at radius 1 is 1.38 bits per heavy atom. The predicted octanol–water partition coefficient (Wildman–Crippen LogP) is 2.22. The molecule has 0 saturated heterocycles. The predicted molar refractivity (Wildman–Crippen MR) is 67.0 cm³/mol. The second-order valence-corrected chi connectivity index (χ2v) is 3.79. The van der Waals surface area contributed by atoms with Crippen LogP contribution in [0.25, 0.3) is 0 Å². The fourth-order valence-corrected chi connectivity index (χ4v) is 1.66. The normalized spacial score (nSPS) is 10.7. The molecule has 88 valence electrons. The molecule has 1 aromatic rings. The molecular formula is C13H20N2O. The summed E-state index contributed by atoms with van der Waals surface area (Å²) in [5.74, 6) is 1.81. The fourth-order valence-electron chi connectivity index (χ4n) is 1.66. The maximum absolute atomic E-state index is 5.65. The monoisotopic (exact) mass is 220 g/mol. The molecule has 0 spiro atoms. The van der Waals surface area contributed by atoms with E-state index in [4.69, 9.17) is 10.2 Å². The molecule has 1 rings (SSSR count). The number of nitrogens with two attached hydrogens (primary N) is 1. The third-order valence-corrected chi connectivity index (χ3v) is 2.41. The lowest BCUT2D eigenvalue weighted by atomic mass is 10.2. The first-order valence-corrected chi connectivity index (χ1v) is 5.43. The highest BCUT2D eigenvalue weighted by atomic mass is 16.3. The van der Waals surface area contributed by atoms with Crippen LogP contribution in [0.15, 0.2) is 35.8 Å². The summed E-state index contributed by atoms with van der Waals surface area (Å²) in [5.41, 5.74) is 6.69. The molecule has 1 aromatic heterocycles. The second kappa shape index (κ2) is 6.30. The quantitative estimate of drug-likeness (QED) is 0.716. The van der Waals surface area contributed by atoms with Crippen molar-refractivity contribution in [3.05, 3.63) is 48.5 Å². The van der Waals surface area contributed by atoms with Crippen LogP contribution in [-0.4, -0.2) is 18.0 Å². The van der Waals surface area contributed by atoms with E-state index in [9.17, 15) is 0 Å². The van der Waals surface area contributed by atoms with Gasteiger partial charge in [-0.25, -0.2) is 0 Å². The maximum Gasteiger partial charge on any atom is 0.120 e. The van der Waals surface area contributed by atoms with Gasteiger partial charge in [-0.15, -0.1) is 13.2 Å². The van der Waals surface area contributed by atoms with Gasteiger partial charge in [0, 0.05) is 13.1 Å². The highest BCUT2D eigenvalue weighted by Gasteiger charge is 2.09. The lowest BCUT2D eigenvalue weighted by Crippen LogP contribution is -2.22. The van der Waals surface area contributed by atoms with Crippen molar-refractivity contribution in [1.82, 2.24) is 4.90 Å². The number of aryl methyl sites for hydroxylation is 1. The largest absolute Gasteiger partial charge is 0.463 e. The van der Waals surface area contributed by atoms with Crippen LogP contribution < -0.4 is 5.73 Å². The second-order valence-electron chi connectivity index (χ2n) is 3.79. The molecule has 1 heterocycles. The molecule has 0 aliphatic carbocycles. The van der Waals surface area contributed by atoms with Crippen molar-refractivity contribution < 1.29 is 4.42 Å². The van der Waals surface area contributed by atoms with Crippen molar-refractivity contribution in [1.29, 1.82) is 0 Å². The van der Waals surface area contributed by atoms with Gasteiger partial charge in [-0.1, -0.05) is 12.2 Å². The zero-order valence-electron chi connectivity index (χ0n) is 9.91. The summed E-state index contributed by atoms with van der Waals surface area (Å²) in [5, 5.41) is 0. The molecule has 0 bridgehead atoms. The van der Waals surface area contributed by atoms with Crippen molar-refractivity contribution in [3.8, 4) is 0 Å². The standard InChI is InChI=1S/C13H20N2O/c1-4-6-15(7-5-2)10-12-8-11(3)13(9-14)16-12/h4-5,8H,1-2,6-7,9-10,14H2,3H3. The van der Waals surface area contributed by atoms with Crippen molar-refractivity contribution in [2.75, 3.05) is 13.1 Å². The molecule has 0 radical (unpaired) electrons. The molecule has 0 atom stereocenters. The van der Waals surface area contributed by atoms with E-state index >= 15 is 0 Å². The average Bonchev–Trinajstić information content (AvgIpc) is 2.59. The van der Waals surface area contributed by atoms with Crippen molar-refractivity contribution in [3.63, 3.8) is 0 Å². The number of rotatable bonds is 7. The van der Waals surface area contributed by atoms with Gasteiger partial charge in [0.2, 0.25) is 0 Å². The van der Waals surface area contributed by atoms with Gasteiger partial charge < -0.3 is 10.2 Å². The molecular weight excluding hydrogens is 200 g/mol. The van der Waals surface area contributed by atoms with Crippen LogP contribution in [0.4, 0.5) is 0 Å². The highest BCUT2D eigenvalue weighted by Crippen LogP contribution is 2.15. The summed E-state index contributed by atoms with van der Waals surface area (Å²) in [6.07, 6.45) is 3.76. The summed E-state index contributed by atoms with van der Waals surface area (Å²) >= 11 is 0. The van der Waals surface area contributed by atoms with Crippen molar-refractivity contribution in [2.24, 2.45) is 5.73 Å². The molecule has 3 nitrogen and oxygen atoms in total. The summed E-state index contributed by atoms with van der Waals surface area (Å²) in [4.78, 5) is 2.19. The first-order chi connectivity index (χ1) is 7.71. The molecule has 0 aromatic carbocycles. The van der Waals surface area contributed by atoms with E-state index in [2.05, 4.69) is 18.1 Å². The Morgan fingerprint density at radius 2 is 2.00 bits per heavy atom. The highest BCUT2D eigenvalue weighted by molar-refractivity contribution is 5.19. The molecule has 0 amide bonds. The maximum atomic E-state index is 5.65. The number of nitrogens with zero attached hydrogens (tertiary/aromatic N) is 1. The van der Waals surface area contributed by atoms with Crippen LogP contribution in [-0.2, 0) is 13.1 Å². The zero-order valence-corrected chi connectivity index (χ0v) is 9.91. The van der Waals surface area contributed by atoms with Crippen molar-refractivity contribution in [2.45, 2.75) is 20.0 Å². The van der Waals surface area contributed by atoms with Gasteiger partial charge in [0.05, 0.1) is 13.1 Å². The van der Waals surface area contributed by atoms with E-state index < -0.39 is 0 Å². The minimum Gasteiger partial charge on any atom is -0.463 e. The summed E-state index contributed by atoms with van der Waals surface area (Å²) in [6.45, 7) is 12.4. The van der Waals surface area contributed by atoms with Gasteiger partial charge in [-0.2, -0.15) is 0 Å². The Morgan fingerprint density at radius 3 is 2.44 bits per heavy atom. The fraction of sp³-hybridized carbons (Fsp3) is 0.385. The summed E-state index contributed by atoms with van der Waals surface area (Å²) in [6, 6.07) is 2.04. The van der Waals surface area contributed by atoms with E-state index in [1.54, 1.807) is 0 Å². The lowest BCUT2D eigenvalue weighted by Gasteiger charge is -2.16. The van der Waals surface area contributed by atoms with Crippen LogP contribution in [0.1, 0.15) is 17.1 Å². The van der Waals surface area contributed by atoms with E-state index in [1.165, 1.54) is 0 Å². The Labute approximate surface area is 97.2 Å². The van der Waals surface area contributed by atoms with E-state index in [0.717, 1.165) is 36.7 Å². The minimum atomic E-state index is 0.453. The van der Waals surface area contributed by atoms with Gasteiger partial charge in [0.15, 0.2) is 0 Å². The van der Waals surface area contributed by atoms with E-state index in [1.807, 2.05) is 25.1 Å². The minimum absolute atomic E-state index is 0.453. The Balaban J connectivity index is 2.68. The third kappa shape index (κ3) is 3.36. The Bertz CT molecular complexity index is 345.